The maximum absolute atomic E-state index is 12.1. The molecule has 1 amide bonds. The van der Waals surface area contributed by atoms with Gasteiger partial charge in [-0.1, -0.05) is 25.7 Å². The Hall–Kier alpha value is -0.610. The molecule has 2 rings (SSSR count). The molecule has 2 unspecified atom stereocenters. The van der Waals surface area contributed by atoms with Crippen molar-refractivity contribution in [3.05, 3.63) is 0 Å². The minimum absolute atomic E-state index is 0.173. The van der Waals surface area contributed by atoms with Crippen molar-refractivity contribution in [3.8, 4) is 0 Å². The van der Waals surface area contributed by atoms with Crippen LogP contribution in [-0.4, -0.2) is 31.7 Å². The fraction of sp³-hybridized carbons (Fsp3) is 0.938. The minimum atomic E-state index is 0.173. The third-order valence-corrected chi connectivity index (χ3v) is 4.79. The number of carbonyl (C=O) groups is 1. The van der Waals surface area contributed by atoms with Crippen molar-refractivity contribution in [2.24, 2.45) is 17.6 Å². The van der Waals surface area contributed by atoms with Crippen LogP contribution in [0.4, 0.5) is 0 Å². The van der Waals surface area contributed by atoms with Gasteiger partial charge in [0, 0.05) is 12.5 Å². The van der Waals surface area contributed by atoms with Crippen LogP contribution in [0.25, 0.3) is 0 Å². The zero-order chi connectivity index (χ0) is 14.2. The van der Waals surface area contributed by atoms with Gasteiger partial charge in [0.25, 0.3) is 0 Å². The summed E-state index contributed by atoms with van der Waals surface area (Å²) in [5, 5.41) is 3.03. The van der Waals surface area contributed by atoms with E-state index in [-0.39, 0.29) is 11.8 Å². The van der Waals surface area contributed by atoms with Crippen LogP contribution in [0.5, 0.6) is 0 Å². The highest BCUT2D eigenvalue weighted by molar-refractivity contribution is 5.78. The summed E-state index contributed by atoms with van der Waals surface area (Å²) < 4.78 is 5.83. The summed E-state index contributed by atoms with van der Waals surface area (Å²) in [7, 11) is 0. The van der Waals surface area contributed by atoms with E-state index in [0.29, 0.717) is 31.7 Å². The molecule has 2 aliphatic rings. The predicted octanol–water partition coefficient (Wildman–Crippen LogP) is 2.22. The first-order chi connectivity index (χ1) is 9.79. The number of ether oxygens (including phenoxy) is 1. The number of hydrogen-bond donors (Lipinski definition) is 2. The number of rotatable bonds is 6. The summed E-state index contributed by atoms with van der Waals surface area (Å²) in [5.74, 6) is 0.917. The Kier molecular flexibility index (Phi) is 6.80. The summed E-state index contributed by atoms with van der Waals surface area (Å²) in [4.78, 5) is 12.1. The highest BCUT2D eigenvalue weighted by atomic mass is 16.5. The van der Waals surface area contributed by atoms with Crippen LogP contribution in [0, 0.1) is 11.8 Å². The fourth-order valence-corrected chi connectivity index (χ4v) is 3.52. The summed E-state index contributed by atoms with van der Waals surface area (Å²) in [5.41, 5.74) is 5.72. The SMILES string of the molecule is NCC1CCCC(C(=O)NCCOC2CCCCC2)C1. The summed E-state index contributed by atoms with van der Waals surface area (Å²) in [6, 6.07) is 0. The Morgan fingerprint density at radius 1 is 1.10 bits per heavy atom. The van der Waals surface area contributed by atoms with Crippen LogP contribution in [0.2, 0.25) is 0 Å². The second-order valence-electron chi connectivity index (χ2n) is 6.39. The molecule has 0 radical (unpaired) electrons. The van der Waals surface area contributed by atoms with Crippen LogP contribution in [0.15, 0.2) is 0 Å². The molecule has 2 saturated carbocycles. The van der Waals surface area contributed by atoms with E-state index in [1.54, 1.807) is 0 Å². The summed E-state index contributed by atoms with van der Waals surface area (Å²) in [6.07, 6.45) is 11.0. The highest BCUT2D eigenvalue weighted by Gasteiger charge is 2.26. The lowest BCUT2D eigenvalue weighted by Gasteiger charge is -2.27. The van der Waals surface area contributed by atoms with Gasteiger partial charge in [0.05, 0.1) is 12.7 Å². The van der Waals surface area contributed by atoms with E-state index < -0.39 is 0 Å². The van der Waals surface area contributed by atoms with Gasteiger partial charge in [-0.2, -0.15) is 0 Å². The number of nitrogens with one attached hydrogen (secondary N) is 1. The topological polar surface area (TPSA) is 64.4 Å². The van der Waals surface area contributed by atoms with Gasteiger partial charge in [-0.25, -0.2) is 0 Å². The van der Waals surface area contributed by atoms with Gasteiger partial charge in [-0.15, -0.1) is 0 Å². The number of hydrogen-bond acceptors (Lipinski definition) is 3. The van der Waals surface area contributed by atoms with E-state index >= 15 is 0 Å². The largest absolute Gasteiger partial charge is 0.376 e. The molecule has 0 saturated heterocycles. The first kappa shape index (κ1) is 15.8. The molecule has 0 aliphatic heterocycles. The van der Waals surface area contributed by atoms with Gasteiger partial charge in [0.15, 0.2) is 0 Å². The average Bonchev–Trinajstić information content (AvgIpc) is 2.52. The lowest BCUT2D eigenvalue weighted by atomic mass is 9.81. The van der Waals surface area contributed by atoms with Gasteiger partial charge >= 0.3 is 0 Å². The first-order valence-corrected chi connectivity index (χ1v) is 8.39. The molecule has 0 aromatic carbocycles. The van der Waals surface area contributed by atoms with Gasteiger partial charge in [0.1, 0.15) is 0 Å². The normalized spacial score (nSPS) is 28.2. The van der Waals surface area contributed by atoms with Crippen molar-refractivity contribution in [3.63, 3.8) is 0 Å². The average molecular weight is 282 g/mol. The minimum Gasteiger partial charge on any atom is -0.376 e. The van der Waals surface area contributed by atoms with Crippen molar-refractivity contribution in [2.75, 3.05) is 19.7 Å². The van der Waals surface area contributed by atoms with Crippen LogP contribution in [-0.2, 0) is 9.53 Å². The zero-order valence-electron chi connectivity index (χ0n) is 12.6. The van der Waals surface area contributed by atoms with Crippen LogP contribution in [0.3, 0.4) is 0 Å². The first-order valence-electron chi connectivity index (χ1n) is 8.39. The highest BCUT2D eigenvalue weighted by Crippen LogP contribution is 2.28. The Morgan fingerprint density at radius 3 is 2.65 bits per heavy atom. The molecule has 0 heterocycles. The molecule has 2 fully saturated rings. The lowest BCUT2D eigenvalue weighted by molar-refractivity contribution is -0.126. The lowest BCUT2D eigenvalue weighted by Crippen LogP contribution is -2.37. The quantitative estimate of drug-likeness (QED) is 0.734. The van der Waals surface area contributed by atoms with E-state index in [1.807, 2.05) is 0 Å². The Bertz CT molecular complexity index is 290. The molecule has 2 aliphatic carbocycles. The Balaban J connectivity index is 1.57. The van der Waals surface area contributed by atoms with Crippen molar-refractivity contribution in [1.82, 2.24) is 5.32 Å². The van der Waals surface area contributed by atoms with E-state index in [4.69, 9.17) is 10.5 Å². The van der Waals surface area contributed by atoms with E-state index in [2.05, 4.69) is 5.32 Å². The molecule has 2 atom stereocenters. The van der Waals surface area contributed by atoms with E-state index in [1.165, 1.54) is 38.5 Å². The Labute approximate surface area is 122 Å². The zero-order valence-corrected chi connectivity index (χ0v) is 12.6. The van der Waals surface area contributed by atoms with Gasteiger partial charge in [0.2, 0.25) is 5.91 Å². The molecule has 116 valence electrons. The molecular weight excluding hydrogens is 252 g/mol. The second kappa shape index (κ2) is 8.63. The smallest absolute Gasteiger partial charge is 0.223 e. The van der Waals surface area contributed by atoms with Gasteiger partial charge < -0.3 is 15.8 Å². The van der Waals surface area contributed by atoms with Crippen LogP contribution in [0.1, 0.15) is 57.8 Å². The molecule has 0 bridgehead atoms. The number of amides is 1. The standard InChI is InChI=1S/C16H30N2O2/c17-12-13-5-4-6-14(11-13)16(19)18-9-10-20-15-7-2-1-3-8-15/h13-15H,1-12,17H2,(H,18,19). The van der Waals surface area contributed by atoms with E-state index in [9.17, 15) is 4.79 Å². The number of carbonyl (C=O) groups excluding carboxylic acids is 1. The molecule has 0 spiro atoms. The third-order valence-electron chi connectivity index (χ3n) is 4.79. The van der Waals surface area contributed by atoms with E-state index in [0.717, 1.165) is 19.3 Å². The van der Waals surface area contributed by atoms with Crippen LogP contribution < -0.4 is 11.1 Å². The fourth-order valence-electron chi connectivity index (χ4n) is 3.52. The van der Waals surface area contributed by atoms with Crippen molar-refractivity contribution < 1.29 is 9.53 Å². The molecule has 0 aromatic heterocycles. The molecule has 20 heavy (non-hydrogen) atoms. The van der Waals surface area contributed by atoms with Gasteiger partial charge in [-0.3, -0.25) is 4.79 Å². The van der Waals surface area contributed by atoms with Crippen molar-refractivity contribution in [1.29, 1.82) is 0 Å². The summed E-state index contributed by atoms with van der Waals surface area (Å²) >= 11 is 0. The Morgan fingerprint density at radius 2 is 1.90 bits per heavy atom. The molecule has 0 aromatic rings. The molecular formula is C16H30N2O2. The molecule has 4 nitrogen and oxygen atoms in total. The number of nitrogens with two attached hydrogens (primary N) is 1. The monoisotopic (exact) mass is 282 g/mol. The maximum atomic E-state index is 12.1. The maximum Gasteiger partial charge on any atom is 0.223 e. The third kappa shape index (κ3) is 5.06. The molecule has 3 N–H and O–H groups in total. The summed E-state index contributed by atoms with van der Waals surface area (Å²) in [6.45, 7) is 2.02. The van der Waals surface area contributed by atoms with Crippen molar-refractivity contribution in [2.45, 2.75) is 63.9 Å². The van der Waals surface area contributed by atoms with Gasteiger partial charge in [-0.05, 0) is 44.6 Å². The second-order valence-corrected chi connectivity index (χ2v) is 6.39. The molecule has 4 heteroatoms. The van der Waals surface area contributed by atoms with Crippen molar-refractivity contribution >= 4 is 5.91 Å². The predicted molar refractivity (Wildman–Crippen MR) is 80.3 cm³/mol. The van der Waals surface area contributed by atoms with Crippen LogP contribution >= 0.6 is 0 Å².